The molecule has 0 saturated carbocycles. The quantitative estimate of drug-likeness (QED) is 0.849. The smallest absolute Gasteiger partial charge is 0.234 e. The minimum absolute atomic E-state index is 0.0452. The van der Waals surface area contributed by atoms with E-state index in [4.69, 9.17) is 0 Å². The van der Waals surface area contributed by atoms with E-state index in [2.05, 4.69) is 15.5 Å². The standard InChI is InChI=1S/C15H22FN3O/c1-17-13-6-8-19(9-7-13)11-15(20)18-10-12-4-2-3-5-14(12)16/h2-5,13,17H,6-11H2,1H3,(H,18,20). The molecule has 2 rings (SSSR count). The van der Waals surface area contributed by atoms with Crippen molar-refractivity contribution in [3.8, 4) is 0 Å². The molecule has 0 atom stereocenters. The van der Waals surface area contributed by atoms with E-state index in [9.17, 15) is 9.18 Å². The largest absolute Gasteiger partial charge is 0.351 e. The molecule has 110 valence electrons. The number of nitrogens with zero attached hydrogens (tertiary/aromatic N) is 1. The third kappa shape index (κ3) is 4.28. The fourth-order valence-electron chi connectivity index (χ4n) is 2.47. The normalized spacial score (nSPS) is 17.1. The van der Waals surface area contributed by atoms with Crippen molar-refractivity contribution in [2.75, 3.05) is 26.7 Å². The van der Waals surface area contributed by atoms with E-state index in [0.717, 1.165) is 25.9 Å². The summed E-state index contributed by atoms with van der Waals surface area (Å²) in [5.74, 6) is -0.321. The van der Waals surface area contributed by atoms with Gasteiger partial charge in [0.25, 0.3) is 0 Å². The van der Waals surface area contributed by atoms with Gasteiger partial charge in [0.15, 0.2) is 0 Å². The molecule has 5 heteroatoms. The van der Waals surface area contributed by atoms with Crippen molar-refractivity contribution in [3.63, 3.8) is 0 Å². The lowest BCUT2D eigenvalue weighted by atomic mass is 10.1. The highest BCUT2D eigenvalue weighted by Gasteiger charge is 2.19. The van der Waals surface area contributed by atoms with Crippen LogP contribution in [0.3, 0.4) is 0 Å². The number of nitrogens with one attached hydrogen (secondary N) is 2. The van der Waals surface area contributed by atoms with Crippen molar-refractivity contribution in [3.05, 3.63) is 35.6 Å². The molecular formula is C15H22FN3O. The van der Waals surface area contributed by atoms with Crippen LogP contribution in [0.4, 0.5) is 4.39 Å². The monoisotopic (exact) mass is 279 g/mol. The average Bonchev–Trinajstić information content (AvgIpc) is 2.47. The fourth-order valence-corrected chi connectivity index (χ4v) is 2.47. The number of piperidine rings is 1. The van der Waals surface area contributed by atoms with E-state index in [1.54, 1.807) is 18.2 Å². The van der Waals surface area contributed by atoms with Crippen LogP contribution in [0.5, 0.6) is 0 Å². The summed E-state index contributed by atoms with van der Waals surface area (Å²) in [6.07, 6.45) is 2.13. The van der Waals surface area contributed by atoms with Crippen molar-refractivity contribution >= 4 is 5.91 Å². The maximum absolute atomic E-state index is 13.4. The van der Waals surface area contributed by atoms with Crippen LogP contribution in [0, 0.1) is 5.82 Å². The number of benzene rings is 1. The number of carbonyl (C=O) groups excluding carboxylic acids is 1. The molecule has 1 aliphatic rings. The molecule has 20 heavy (non-hydrogen) atoms. The first-order valence-electron chi connectivity index (χ1n) is 7.08. The van der Waals surface area contributed by atoms with Gasteiger partial charge in [0.05, 0.1) is 6.54 Å². The maximum atomic E-state index is 13.4. The Labute approximate surface area is 119 Å². The lowest BCUT2D eigenvalue weighted by molar-refractivity contribution is -0.122. The van der Waals surface area contributed by atoms with Gasteiger partial charge in [-0.05, 0) is 26.0 Å². The molecule has 1 aromatic rings. The molecule has 0 bridgehead atoms. The second-order valence-electron chi connectivity index (χ2n) is 5.21. The van der Waals surface area contributed by atoms with Gasteiger partial charge in [-0.2, -0.15) is 0 Å². The minimum Gasteiger partial charge on any atom is -0.351 e. The number of hydrogen-bond donors (Lipinski definition) is 2. The number of halogens is 1. The molecular weight excluding hydrogens is 257 g/mol. The predicted octanol–water partition coefficient (Wildman–Crippen LogP) is 1.13. The lowest BCUT2D eigenvalue weighted by Gasteiger charge is -2.31. The zero-order valence-corrected chi connectivity index (χ0v) is 11.9. The number of hydrogen-bond acceptors (Lipinski definition) is 3. The van der Waals surface area contributed by atoms with E-state index in [0.29, 0.717) is 18.2 Å². The van der Waals surface area contributed by atoms with Gasteiger partial charge >= 0.3 is 0 Å². The van der Waals surface area contributed by atoms with Crippen LogP contribution < -0.4 is 10.6 Å². The van der Waals surface area contributed by atoms with Crippen molar-refractivity contribution in [1.82, 2.24) is 15.5 Å². The second-order valence-corrected chi connectivity index (χ2v) is 5.21. The summed E-state index contributed by atoms with van der Waals surface area (Å²) in [7, 11) is 1.97. The number of carbonyl (C=O) groups is 1. The maximum Gasteiger partial charge on any atom is 0.234 e. The SMILES string of the molecule is CNC1CCN(CC(=O)NCc2ccccc2F)CC1. The summed E-state index contributed by atoms with van der Waals surface area (Å²) < 4.78 is 13.4. The van der Waals surface area contributed by atoms with Gasteiger partial charge in [0.1, 0.15) is 5.82 Å². The van der Waals surface area contributed by atoms with Crippen LogP contribution in [0.1, 0.15) is 18.4 Å². The molecule has 0 aliphatic carbocycles. The highest BCUT2D eigenvalue weighted by atomic mass is 19.1. The van der Waals surface area contributed by atoms with E-state index in [1.165, 1.54) is 6.07 Å². The molecule has 0 radical (unpaired) electrons. The average molecular weight is 279 g/mol. The van der Waals surface area contributed by atoms with Gasteiger partial charge in [-0.1, -0.05) is 18.2 Å². The van der Waals surface area contributed by atoms with Gasteiger partial charge < -0.3 is 10.6 Å². The predicted molar refractivity (Wildman–Crippen MR) is 76.8 cm³/mol. The molecule has 4 nitrogen and oxygen atoms in total. The first kappa shape index (κ1) is 14.9. The van der Waals surface area contributed by atoms with E-state index in [-0.39, 0.29) is 18.3 Å². The fraction of sp³-hybridized carbons (Fsp3) is 0.533. The number of rotatable bonds is 5. The zero-order valence-electron chi connectivity index (χ0n) is 11.9. The number of likely N-dealkylation sites (tertiary alicyclic amines) is 1. The van der Waals surface area contributed by atoms with Crippen molar-refractivity contribution in [1.29, 1.82) is 0 Å². The summed E-state index contributed by atoms with van der Waals surface area (Å²) in [5, 5.41) is 6.04. The first-order valence-corrected chi connectivity index (χ1v) is 7.08. The van der Waals surface area contributed by atoms with Crippen LogP contribution in [0.15, 0.2) is 24.3 Å². The summed E-state index contributed by atoms with van der Waals surface area (Å²) in [6, 6.07) is 7.07. The molecule has 1 aromatic carbocycles. The Morgan fingerprint density at radius 2 is 2.05 bits per heavy atom. The third-order valence-electron chi connectivity index (χ3n) is 3.80. The van der Waals surface area contributed by atoms with Gasteiger partial charge in [-0.25, -0.2) is 4.39 Å². The van der Waals surface area contributed by atoms with E-state index >= 15 is 0 Å². The number of amides is 1. The molecule has 0 aromatic heterocycles. The summed E-state index contributed by atoms with van der Waals surface area (Å²) in [6.45, 7) is 2.50. The molecule has 1 fully saturated rings. The summed E-state index contributed by atoms with van der Waals surface area (Å²) >= 11 is 0. The zero-order chi connectivity index (χ0) is 14.4. The lowest BCUT2D eigenvalue weighted by Crippen LogP contribution is -2.45. The minimum atomic E-state index is -0.275. The second kappa shape index (κ2) is 7.36. The Hall–Kier alpha value is -1.46. The van der Waals surface area contributed by atoms with Crippen LogP contribution in [0.25, 0.3) is 0 Å². The Morgan fingerprint density at radius 3 is 2.70 bits per heavy atom. The Balaban J connectivity index is 1.72. The van der Waals surface area contributed by atoms with Crippen molar-refractivity contribution in [2.45, 2.75) is 25.4 Å². The van der Waals surface area contributed by atoms with Crippen molar-refractivity contribution < 1.29 is 9.18 Å². The Kier molecular flexibility index (Phi) is 5.49. The van der Waals surface area contributed by atoms with Crippen molar-refractivity contribution in [2.24, 2.45) is 0 Å². The van der Waals surface area contributed by atoms with Crippen LogP contribution >= 0.6 is 0 Å². The Bertz CT molecular complexity index is 444. The molecule has 2 N–H and O–H groups in total. The highest BCUT2D eigenvalue weighted by Crippen LogP contribution is 2.09. The van der Waals surface area contributed by atoms with Crippen LogP contribution in [-0.4, -0.2) is 43.5 Å². The molecule has 1 amide bonds. The van der Waals surface area contributed by atoms with Crippen LogP contribution in [-0.2, 0) is 11.3 Å². The molecule has 1 aliphatic heterocycles. The third-order valence-corrected chi connectivity index (χ3v) is 3.80. The molecule has 0 unspecified atom stereocenters. The van der Waals surface area contributed by atoms with Gasteiger partial charge in [-0.3, -0.25) is 9.69 Å². The van der Waals surface area contributed by atoms with Gasteiger partial charge in [0, 0.05) is 31.2 Å². The Morgan fingerprint density at radius 1 is 1.35 bits per heavy atom. The van der Waals surface area contributed by atoms with Gasteiger partial charge in [0.2, 0.25) is 5.91 Å². The summed E-state index contributed by atoms with van der Waals surface area (Å²) in [5.41, 5.74) is 0.523. The highest BCUT2D eigenvalue weighted by molar-refractivity contribution is 5.78. The molecule has 1 saturated heterocycles. The van der Waals surface area contributed by atoms with Crippen LogP contribution in [0.2, 0.25) is 0 Å². The van der Waals surface area contributed by atoms with E-state index in [1.807, 2.05) is 7.05 Å². The first-order chi connectivity index (χ1) is 9.69. The topological polar surface area (TPSA) is 44.4 Å². The van der Waals surface area contributed by atoms with Gasteiger partial charge in [-0.15, -0.1) is 0 Å². The van der Waals surface area contributed by atoms with E-state index < -0.39 is 0 Å². The molecule has 0 spiro atoms. The summed E-state index contributed by atoms with van der Waals surface area (Å²) in [4.78, 5) is 14.0. The molecule has 1 heterocycles.